The van der Waals surface area contributed by atoms with Crippen LogP contribution in [0.4, 0.5) is 0 Å². The van der Waals surface area contributed by atoms with Crippen LogP contribution >= 0.6 is 23.2 Å². The molecule has 0 atom stereocenters. The Morgan fingerprint density at radius 1 is 1.17 bits per heavy atom. The van der Waals surface area contributed by atoms with Crippen LogP contribution in [0.1, 0.15) is 30.9 Å². The number of nitrogen functional groups attached to an aromatic ring is 1. The first-order valence-electron chi connectivity index (χ1n) is 8.47. The molecule has 0 radical (unpaired) electrons. The first kappa shape index (κ1) is 20.7. The molecule has 3 rings (SSSR count). The zero-order valence-corrected chi connectivity index (χ0v) is 17.2. The second kappa shape index (κ2) is 7.76. The van der Waals surface area contributed by atoms with Crippen LogP contribution in [-0.4, -0.2) is 19.4 Å². The van der Waals surface area contributed by atoms with E-state index >= 15 is 0 Å². The Kier molecular flexibility index (Phi) is 5.54. The number of ether oxygens (including phenoxy) is 1. The van der Waals surface area contributed by atoms with Crippen LogP contribution < -0.4 is 27.4 Å². The number of rotatable bonds is 4. The summed E-state index contributed by atoms with van der Waals surface area (Å²) in [4.78, 5) is 38.3. The minimum atomic E-state index is -0.864. The zero-order valence-electron chi connectivity index (χ0n) is 15.7. The molecule has 1 aromatic carbocycles. The molecule has 2 heterocycles. The standard InChI is InChI=1S/C18H17Cl2N5O4/c1-8(2)15-9(3)13(6-22-17(15)27)29-16-11(19)4-10(5-12(16)20)25-18(28)24(21)14(26)7-23-25/h4-8H,21H2,1-3H3,(H,22,27). The van der Waals surface area contributed by atoms with Crippen molar-refractivity contribution in [2.45, 2.75) is 26.7 Å². The van der Waals surface area contributed by atoms with Gasteiger partial charge >= 0.3 is 5.69 Å². The highest BCUT2D eigenvalue weighted by molar-refractivity contribution is 6.37. The van der Waals surface area contributed by atoms with Crippen molar-refractivity contribution in [2.24, 2.45) is 0 Å². The van der Waals surface area contributed by atoms with Gasteiger partial charge in [-0.3, -0.25) is 9.59 Å². The minimum Gasteiger partial charge on any atom is -0.452 e. The maximum Gasteiger partial charge on any atom is 0.370 e. The normalized spacial score (nSPS) is 11.1. The van der Waals surface area contributed by atoms with Gasteiger partial charge < -0.3 is 15.6 Å². The van der Waals surface area contributed by atoms with E-state index in [1.165, 1.54) is 18.3 Å². The number of halogens is 2. The van der Waals surface area contributed by atoms with Gasteiger partial charge in [0.1, 0.15) is 11.9 Å². The molecule has 9 nitrogen and oxygen atoms in total. The molecule has 3 aromatic rings. The largest absolute Gasteiger partial charge is 0.452 e. The van der Waals surface area contributed by atoms with Gasteiger partial charge in [-0.1, -0.05) is 37.0 Å². The average molecular weight is 438 g/mol. The lowest BCUT2D eigenvalue weighted by molar-refractivity contribution is 0.474. The predicted molar refractivity (Wildman–Crippen MR) is 110 cm³/mol. The third kappa shape index (κ3) is 3.79. The van der Waals surface area contributed by atoms with E-state index in [0.29, 0.717) is 21.6 Å². The zero-order chi connectivity index (χ0) is 21.5. The molecule has 0 saturated carbocycles. The van der Waals surface area contributed by atoms with Gasteiger partial charge in [0.15, 0.2) is 5.75 Å². The third-order valence-electron chi connectivity index (χ3n) is 4.28. The number of pyridine rings is 1. The van der Waals surface area contributed by atoms with Gasteiger partial charge in [-0.2, -0.15) is 14.5 Å². The summed E-state index contributed by atoms with van der Waals surface area (Å²) in [6.07, 6.45) is 2.32. The number of hydrogen-bond donors (Lipinski definition) is 2. The second-order valence-electron chi connectivity index (χ2n) is 6.56. The van der Waals surface area contributed by atoms with Crippen LogP contribution in [0.5, 0.6) is 11.5 Å². The molecule has 29 heavy (non-hydrogen) atoms. The molecule has 0 unspecified atom stereocenters. The van der Waals surface area contributed by atoms with Crippen molar-refractivity contribution in [3.63, 3.8) is 0 Å². The Balaban J connectivity index is 2.08. The molecule has 11 heteroatoms. The van der Waals surface area contributed by atoms with Gasteiger partial charge in [0.2, 0.25) is 0 Å². The number of nitrogens with two attached hydrogens (primary N) is 1. The van der Waals surface area contributed by atoms with Gasteiger partial charge in [-0.05, 0) is 25.0 Å². The van der Waals surface area contributed by atoms with E-state index < -0.39 is 11.2 Å². The van der Waals surface area contributed by atoms with Gasteiger partial charge in [0.05, 0.1) is 15.7 Å². The lowest BCUT2D eigenvalue weighted by Crippen LogP contribution is -2.44. The fraction of sp³-hybridized carbons (Fsp3) is 0.222. The lowest BCUT2D eigenvalue weighted by atomic mass is 10.00. The fourth-order valence-electron chi connectivity index (χ4n) is 2.89. The van der Waals surface area contributed by atoms with Crippen LogP contribution in [0.25, 0.3) is 5.69 Å². The molecule has 2 aromatic heterocycles. The van der Waals surface area contributed by atoms with Crippen molar-refractivity contribution in [1.82, 2.24) is 19.4 Å². The highest BCUT2D eigenvalue weighted by Crippen LogP contribution is 2.39. The maximum absolute atomic E-state index is 12.2. The van der Waals surface area contributed by atoms with Crippen LogP contribution in [0.2, 0.25) is 10.0 Å². The third-order valence-corrected chi connectivity index (χ3v) is 4.84. The van der Waals surface area contributed by atoms with E-state index in [2.05, 4.69) is 10.1 Å². The highest BCUT2D eigenvalue weighted by atomic mass is 35.5. The Morgan fingerprint density at radius 2 is 1.79 bits per heavy atom. The van der Waals surface area contributed by atoms with Crippen molar-refractivity contribution < 1.29 is 4.74 Å². The molecule has 0 aliphatic carbocycles. The summed E-state index contributed by atoms with van der Waals surface area (Å²) < 4.78 is 7.15. The maximum atomic E-state index is 12.2. The van der Waals surface area contributed by atoms with Crippen molar-refractivity contribution in [1.29, 1.82) is 0 Å². The van der Waals surface area contributed by atoms with Crippen LogP contribution in [0, 0.1) is 6.92 Å². The molecule has 3 N–H and O–H groups in total. The second-order valence-corrected chi connectivity index (χ2v) is 7.38. The van der Waals surface area contributed by atoms with Crippen LogP contribution in [0.3, 0.4) is 0 Å². The number of nitrogens with one attached hydrogen (secondary N) is 1. The van der Waals surface area contributed by atoms with E-state index in [1.54, 1.807) is 6.92 Å². The van der Waals surface area contributed by atoms with Gasteiger partial charge in [-0.25, -0.2) is 4.79 Å². The molecule has 0 fully saturated rings. The number of benzene rings is 1. The fourth-order valence-corrected chi connectivity index (χ4v) is 3.44. The summed E-state index contributed by atoms with van der Waals surface area (Å²) in [7, 11) is 0. The van der Waals surface area contributed by atoms with Gasteiger partial charge in [0.25, 0.3) is 11.1 Å². The topological polar surface area (TPSA) is 125 Å². The van der Waals surface area contributed by atoms with Crippen molar-refractivity contribution in [2.75, 3.05) is 5.84 Å². The number of H-pyrrole nitrogens is 1. The number of aromatic amines is 1. The van der Waals surface area contributed by atoms with E-state index in [4.69, 9.17) is 33.8 Å². The summed E-state index contributed by atoms with van der Waals surface area (Å²) in [5.74, 6) is 5.91. The first-order valence-corrected chi connectivity index (χ1v) is 9.23. The molecule has 0 bridgehead atoms. The van der Waals surface area contributed by atoms with Crippen molar-refractivity contribution >= 4 is 23.2 Å². The lowest BCUT2D eigenvalue weighted by Gasteiger charge is -2.16. The van der Waals surface area contributed by atoms with Crippen molar-refractivity contribution in [3.05, 3.63) is 76.9 Å². The average Bonchev–Trinajstić information content (AvgIpc) is 2.64. The van der Waals surface area contributed by atoms with Gasteiger partial charge in [0, 0.05) is 17.3 Å². The summed E-state index contributed by atoms with van der Waals surface area (Å²) in [6.45, 7) is 5.57. The molecular formula is C18H17Cl2N5O4. The number of nitrogens with zero attached hydrogens (tertiary/aromatic N) is 3. The van der Waals surface area contributed by atoms with E-state index in [9.17, 15) is 14.4 Å². The molecular weight excluding hydrogens is 421 g/mol. The van der Waals surface area contributed by atoms with E-state index in [1.807, 2.05) is 13.8 Å². The summed E-state index contributed by atoms with van der Waals surface area (Å²) >= 11 is 12.6. The minimum absolute atomic E-state index is 0.0134. The Morgan fingerprint density at radius 3 is 2.38 bits per heavy atom. The summed E-state index contributed by atoms with van der Waals surface area (Å²) in [6, 6.07) is 2.79. The highest BCUT2D eigenvalue weighted by Gasteiger charge is 2.18. The number of hydrogen-bond acceptors (Lipinski definition) is 6. The van der Waals surface area contributed by atoms with Crippen molar-refractivity contribution in [3.8, 4) is 17.2 Å². The summed E-state index contributed by atoms with van der Waals surface area (Å²) in [5, 5.41) is 3.93. The Bertz CT molecular complexity index is 1250. The first-order chi connectivity index (χ1) is 13.6. The molecule has 152 valence electrons. The predicted octanol–water partition coefficient (Wildman–Crippen LogP) is 2.33. The van der Waals surface area contributed by atoms with Crippen LogP contribution in [0.15, 0.2) is 38.9 Å². The molecule has 0 saturated heterocycles. The molecule has 0 spiro atoms. The molecule has 0 aliphatic rings. The quantitative estimate of drug-likeness (QED) is 0.603. The van der Waals surface area contributed by atoms with E-state index in [0.717, 1.165) is 10.9 Å². The smallest absolute Gasteiger partial charge is 0.370 e. The molecule has 0 amide bonds. The number of aromatic nitrogens is 4. The summed E-state index contributed by atoms with van der Waals surface area (Å²) in [5.41, 5.74) is -0.369. The van der Waals surface area contributed by atoms with E-state index in [-0.39, 0.29) is 33.0 Å². The molecule has 0 aliphatic heterocycles. The Hall–Kier alpha value is -3.04. The monoisotopic (exact) mass is 437 g/mol. The van der Waals surface area contributed by atoms with Gasteiger partial charge in [-0.15, -0.1) is 0 Å². The Labute approximate surface area is 174 Å². The van der Waals surface area contributed by atoms with Crippen LogP contribution in [-0.2, 0) is 0 Å². The SMILES string of the molecule is Cc1c(Oc2c(Cl)cc(-n3ncc(=O)n(N)c3=O)cc2Cl)c[nH]c(=O)c1C(C)C.